The largest absolute Gasteiger partial charge is 0.377 e. The Morgan fingerprint density at radius 1 is 1.31 bits per heavy atom. The smallest absolute Gasteiger partial charge is 0.267 e. The van der Waals surface area contributed by atoms with E-state index in [0.29, 0.717) is 21.6 Å². The van der Waals surface area contributed by atoms with Crippen LogP contribution in [0.1, 0.15) is 15.7 Å². The van der Waals surface area contributed by atoms with Crippen LogP contribution in [0.25, 0.3) is 5.82 Å². The SMILES string of the molecule is O=C(NC1COCC1n1nc(-n2cccn2)ccc1=O)c1ccc(Cl)s1. The van der Waals surface area contributed by atoms with Crippen molar-refractivity contribution in [1.82, 2.24) is 24.9 Å². The summed E-state index contributed by atoms with van der Waals surface area (Å²) in [5.74, 6) is 0.260. The van der Waals surface area contributed by atoms with Gasteiger partial charge in [0.25, 0.3) is 11.5 Å². The molecule has 1 amide bonds. The lowest BCUT2D eigenvalue weighted by atomic mass is 10.1. The first kappa shape index (κ1) is 17.0. The van der Waals surface area contributed by atoms with Gasteiger partial charge in [-0.15, -0.1) is 16.4 Å². The average molecular weight is 392 g/mol. The summed E-state index contributed by atoms with van der Waals surface area (Å²) in [6.45, 7) is 0.585. The summed E-state index contributed by atoms with van der Waals surface area (Å²) in [7, 11) is 0. The maximum Gasteiger partial charge on any atom is 0.267 e. The highest BCUT2D eigenvalue weighted by molar-refractivity contribution is 7.18. The Balaban J connectivity index is 1.59. The van der Waals surface area contributed by atoms with Crippen LogP contribution in [-0.2, 0) is 4.74 Å². The topological polar surface area (TPSA) is 91.0 Å². The molecule has 134 valence electrons. The number of carbonyl (C=O) groups excluding carboxylic acids is 1. The molecule has 4 rings (SSSR count). The van der Waals surface area contributed by atoms with E-state index in [2.05, 4.69) is 15.5 Å². The molecule has 0 aliphatic carbocycles. The minimum absolute atomic E-state index is 0.251. The first-order chi connectivity index (χ1) is 12.6. The van der Waals surface area contributed by atoms with Crippen LogP contribution in [0, 0.1) is 0 Å². The predicted octanol–water partition coefficient (Wildman–Crippen LogP) is 1.51. The van der Waals surface area contributed by atoms with E-state index in [0.717, 1.165) is 0 Å². The maximum absolute atomic E-state index is 12.4. The second kappa shape index (κ2) is 7.02. The van der Waals surface area contributed by atoms with Crippen molar-refractivity contribution in [1.29, 1.82) is 0 Å². The van der Waals surface area contributed by atoms with Gasteiger partial charge in [0.2, 0.25) is 0 Å². The highest BCUT2D eigenvalue weighted by atomic mass is 35.5. The molecule has 1 saturated heterocycles. The molecule has 0 spiro atoms. The second-order valence-electron chi connectivity index (χ2n) is 5.71. The van der Waals surface area contributed by atoms with Crippen LogP contribution in [0.5, 0.6) is 0 Å². The molecule has 0 aromatic carbocycles. The summed E-state index contributed by atoms with van der Waals surface area (Å²) >= 11 is 7.08. The number of aromatic nitrogens is 4. The van der Waals surface area contributed by atoms with Crippen molar-refractivity contribution in [3.63, 3.8) is 0 Å². The van der Waals surface area contributed by atoms with Crippen molar-refractivity contribution < 1.29 is 9.53 Å². The number of nitrogens with zero attached hydrogens (tertiary/aromatic N) is 4. The Morgan fingerprint density at radius 2 is 2.19 bits per heavy atom. The van der Waals surface area contributed by atoms with Crippen molar-refractivity contribution in [3.8, 4) is 5.82 Å². The van der Waals surface area contributed by atoms with Crippen LogP contribution >= 0.6 is 22.9 Å². The fraction of sp³-hybridized carbons (Fsp3) is 0.250. The lowest BCUT2D eigenvalue weighted by molar-refractivity contribution is 0.0929. The van der Waals surface area contributed by atoms with Crippen molar-refractivity contribution in [2.45, 2.75) is 12.1 Å². The van der Waals surface area contributed by atoms with Gasteiger partial charge in [-0.25, -0.2) is 9.36 Å². The third-order valence-corrected chi connectivity index (χ3v) is 5.26. The first-order valence-electron chi connectivity index (χ1n) is 7.85. The highest BCUT2D eigenvalue weighted by Crippen LogP contribution is 2.23. The number of amides is 1. The molecule has 2 atom stereocenters. The van der Waals surface area contributed by atoms with Crippen LogP contribution in [0.15, 0.2) is 47.5 Å². The van der Waals surface area contributed by atoms with Gasteiger partial charge in [-0.2, -0.15) is 5.10 Å². The number of nitrogens with one attached hydrogen (secondary N) is 1. The minimum Gasteiger partial charge on any atom is -0.377 e. The quantitative estimate of drug-likeness (QED) is 0.728. The second-order valence-corrected chi connectivity index (χ2v) is 7.43. The molecule has 1 N–H and O–H groups in total. The number of carbonyl (C=O) groups is 1. The fourth-order valence-electron chi connectivity index (χ4n) is 2.78. The zero-order chi connectivity index (χ0) is 18.1. The molecule has 4 heterocycles. The zero-order valence-electron chi connectivity index (χ0n) is 13.4. The summed E-state index contributed by atoms with van der Waals surface area (Å²) in [6, 6.07) is 7.35. The number of ether oxygens (including phenoxy) is 1. The molecule has 10 heteroatoms. The van der Waals surface area contributed by atoms with Gasteiger partial charge in [-0.1, -0.05) is 11.6 Å². The average Bonchev–Trinajstić information content (AvgIpc) is 3.37. The summed E-state index contributed by atoms with van der Waals surface area (Å²) in [5, 5.41) is 11.4. The molecule has 1 fully saturated rings. The van der Waals surface area contributed by atoms with Crippen molar-refractivity contribution in [2.24, 2.45) is 0 Å². The maximum atomic E-state index is 12.4. The van der Waals surface area contributed by atoms with Gasteiger partial charge in [0.15, 0.2) is 5.82 Å². The Bertz CT molecular complexity index is 984. The van der Waals surface area contributed by atoms with E-state index in [1.807, 2.05) is 0 Å². The van der Waals surface area contributed by atoms with Crippen LogP contribution < -0.4 is 10.9 Å². The molecule has 3 aromatic rings. The van der Waals surface area contributed by atoms with E-state index in [4.69, 9.17) is 16.3 Å². The Morgan fingerprint density at radius 3 is 2.92 bits per heavy atom. The Hall–Kier alpha value is -2.49. The molecule has 26 heavy (non-hydrogen) atoms. The van der Waals surface area contributed by atoms with Crippen molar-refractivity contribution >= 4 is 28.8 Å². The third-order valence-electron chi connectivity index (χ3n) is 4.03. The zero-order valence-corrected chi connectivity index (χ0v) is 15.0. The summed E-state index contributed by atoms with van der Waals surface area (Å²) in [4.78, 5) is 25.2. The summed E-state index contributed by atoms with van der Waals surface area (Å²) in [6.07, 6.45) is 3.37. The van der Waals surface area contributed by atoms with Gasteiger partial charge >= 0.3 is 0 Å². The first-order valence-corrected chi connectivity index (χ1v) is 9.05. The number of halogens is 1. The van der Waals surface area contributed by atoms with E-state index < -0.39 is 6.04 Å². The molecule has 1 aliphatic rings. The number of rotatable bonds is 4. The van der Waals surface area contributed by atoms with E-state index >= 15 is 0 Å². The van der Waals surface area contributed by atoms with Crippen LogP contribution in [-0.4, -0.2) is 44.7 Å². The van der Waals surface area contributed by atoms with Crippen molar-refractivity contribution in [2.75, 3.05) is 13.2 Å². The van der Waals surface area contributed by atoms with E-state index in [1.165, 1.54) is 22.1 Å². The molecular weight excluding hydrogens is 378 g/mol. The van der Waals surface area contributed by atoms with E-state index in [1.54, 1.807) is 41.3 Å². The Labute approximate surface area is 157 Å². The van der Waals surface area contributed by atoms with Gasteiger partial charge in [0.05, 0.1) is 28.5 Å². The molecule has 0 bridgehead atoms. The number of thiophene rings is 1. The molecular formula is C16H14ClN5O3S. The predicted molar refractivity (Wildman–Crippen MR) is 96.1 cm³/mol. The highest BCUT2D eigenvalue weighted by Gasteiger charge is 2.33. The van der Waals surface area contributed by atoms with Crippen LogP contribution in [0.3, 0.4) is 0 Å². The lowest BCUT2D eigenvalue weighted by Crippen LogP contribution is -2.44. The summed E-state index contributed by atoms with van der Waals surface area (Å²) in [5.41, 5.74) is -0.269. The number of hydrogen-bond acceptors (Lipinski definition) is 6. The lowest BCUT2D eigenvalue weighted by Gasteiger charge is -2.20. The van der Waals surface area contributed by atoms with Gasteiger partial charge in [0, 0.05) is 18.5 Å². The van der Waals surface area contributed by atoms with Crippen LogP contribution in [0.2, 0.25) is 4.34 Å². The molecule has 0 saturated carbocycles. The molecule has 8 nitrogen and oxygen atoms in total. The minimum atomic E-state index is -0.405. The van der Waals surface area contributed by atoms with Gasteiger partial charge < -0.3 is 10.1 Å². The molecule has 1 aliphatic heterocycles. The van der Waals surface area contributed by atoms with Crippen molar-refractivity contribution in [3.05, 3.63) is 62.3 Å². The molecule has 0 radical (unpaired) electrons. The van der Waals surface area contributed by atoms with E-state index in [-0.39, 0.29) is 24.1 Å². The Kier molecular flexibility index (Phi) is 4.58. The normalized spacial score (nSPS) is 19.6. The van der Waals surface area contributed by atoms with Crippen LogP contribution in [0.4, 0.5) is 0 Å². The fourth-order valence-corrected chi connectivity index (χ4v) is 3.72. The third kappa shape index (κ3) is 3.28. The van der Waals surface area contributed by atoms with Gasteiger partial charge in [0.1, 0.15) is 6.04 Å². The van der Waals surface area contributed by atoms with E-state index in [9.17, 15) is 9.59 Å². The molecule has 2 unspecified atom stereocenters. The number of hydrogen-bond donors (Lipinski definition) is 1. The monoisotopic (exact) mass is 391 g/mol. The van der Waals surface area contributed by atoms with Gasteiger partial charge in [-0.3, -0.25) is 9.59 Å². The van der Waals surface area contributed by atoms with Gasteiger partial charge in [-0.05, 0) is 24.3 Å². The summed E-state index contributed by atoms with van der Waals surface area (Å²) < 4.78 is 8.94. The standard InChI is InChI=1S/C16H14ClN5O3S/c17-13-3-2-12(26-13)16(24)19-10-8-25-9-11(10)22-15(23)5-4-14(20-22)21-7-1-6-18-21/h1-7,10-11H,8-9H2,(H,19,24). The molecule has 3 aromatic heterocycles.